The fraction of sp³-hybridized carbons (Fsp3) is 0.588. The van der Waals surface area contributed by atoms with Gasteiger partial charge in [-0.2, -0.15) is 0 Å². The second-order valence-corrected chi connectivity index (χ2v) is 7.01. The summed E-state index contributed by atoms with van der Waals surface area (Å²) in [5.74, 6) is -0.894. The Kier molecular flexibility index (Phi) is 5.81. The number of nitrogens with one attached hydrogen (secondary N) is 2. The zero-order chi connectivity index (χ0) is 18.6. The lowest BCUT2D eigenvalue weighted by atomic mass is 10.2. The third kappa shape index (κ3) is 5.88. The first-order valence-corrected chi connectivity index (χ1v) is 8.17. The third-order valence-corrected chi connectivity index (χ3v) is 3.64. The molecule has 1 aliphatic rings. The molecule has 0 saturated heterocycles. The molecule has 1 heterocycles. The standard InChI is InChI=1S/C17H24FN3O4/c1-17(2,3)25-16(23)21-13(10-5-6-10)9-20-15(22)14-12(18)7-11(24-4)8-19-14/h7-8,10,13H,5-6,9H2,1-4H3,(H,20,22)(H,21,23)/t13-/m0/s1. The summed E-state index contributed by atoms with van der Waals surface area (Å²) in [6, 6.07) is 0.833. The minimum atomic E-state index is -0.764. The Bertz CT molecular complexity index is 641. The maximum absolute atomic E-state index is 13.9. The zero-order valence-corrected chi connectivity index (χ0v) is 14.9. The highest BCUT2D eigenvalue weighted by Crippen LogP contribution is 2.32. The molecule has 1 aromatic rings. The molecular formula is C17H24FN3O4. The predicted octanol–water partition coefficient (Wildman–Crippen LogP) is 2.26. The van der Waals surface area contributed by atoms with Crippen molar-refractivity contribution in [2.75, 3.05) is 13.7 Å². The molecule has 8 heteroatoms. The molecule has 1 fully saturated rings. The Morgan fingerprint density at radius 2 is 2.08 bits per heavy atom. The molecule has 0 aliphatic heterocycles. The first-order valence-electron chi connectivity index (χ1n) is 8.17. The van der Waals surface area contributed by atoms with Gasteiger partial charge in [-0.15, -0.1) is 0 Å². The van der Waals surface area contributed by atoms with Crippen LogP contribution in [0.2, 0.25) is 0 Å². The summed E-state index contributed by atoms with van der Waals surface area (Å²) in [7, 11) is 1.39. The van der Waals surface area contributed by atoms with Crippen LogP contribution in [0.5, 0.6) is 5.75 Å². The second kappa shape index (κ2) is 7.67. The number of carbonyl (C=O) groups is 2. The SMILES string of the molecule is COc1cnc(C(=O)NC[C@H](NC(=O)OC(C)(C)C)C2CC2)c(F)c1. The number of amides is 2. The van der Waals surface area contributed by atoms with Crippen molar-refractivity contribution in [1.29, 1.82) is 0 Å². The molecule has 2 amide bonds. The minimum Gasteiger partial charge on any atom is -0.495 e. The largest absolute Gasteiger partial charge is 0.495 e. The van der Waals surface area contributed by atoms with Gasteiger partial charge in [0.2, 0.25) is 0 Å². The molecule has 0 aromatic carbocycles. The summed E-state index contributed by atoms with van der Waals surface area (Å²) in [5, 5.41) is 5.38. The van der Waals surface area contributed by atoms with Crippen LogP contribution in [0.25, 0.3) is 0 Å². The van der Waals surface area contributed by atoms with Crippen LogP contribution in [-0.2, 0) is 4.74 Å². The number of methoxy groups -OCH3 is 1. The maximum Gasteiger partial charge on any atom is 0.407 e. The van der Waals surface area contributed by atoms with Crippen molar-refractivity contribution in [3.8, 4) is 5.75 Å². The Balaban J connectivity index is 1.92. The molecule has 138 valence electrons. The zero-order valence-electron chi connectivity index (χ0n) is 14.9. The highest BCUT2D eigenvalue weighted by molar-refractivity contribution is 5.92. The smallest absolute Gasteiger partial charge is 0.407 e. The number of pyridine rings is 1. The fourth-order valence-electron chi connectivity index (χ4n) is 2.28. The van der Waals surface area contributed by atoms with E-state index in [0.29, 0.717) is 0 Å². The summed E-state index contributed by atoms with van der Waals surface area (Å²) in [6.07, 6.45) is 2.67. The lowest BCUT2D eigenvalue weighted by Crippen LogP contribution is -2.46. The molecular weight excluding hydrogens is 329 g/mol. The van der Waals surface area contributed by atoms with E-state index in [1.54, 1.807) is 20.8 Å². The number of halogens is 1. The van der Waals surface area contributed by atoms with Gasteiger partial charge < -0.3 is 20.1 Å². The second-order valence-electron chi connectivity index (χ2n) is 7.01. The molecule has 2 N–H and O–H groups in total. The topological polar surface area (TPSA) is 89.5 Å². The van der Waals surface area contributed by atoms with Gasteiger partial charge in [0.15, 0.2) is 11.5 Å². The van der Waals surface area contributed by atoms with Crippen molar-refractivity contribution in [2.45, 2.75) is 45.3 Å². The fourth-order valence-corrected chi connectivity index (χ4v) is 2.28. The van der Waals surface area contributed by atoms with Gasteiger partial charge >= 0.3 is 6.09 Å². The Morgan fingerprint density at radius 1 is 1.40 bits per heavy atom. The summed E-state index contributed by atoms with van der Waals surface area (Å²) in [6.45, 7) is 5.51. The number of aromatic nitrogens is 1. The number of carbonyl (C=O) groups excluding carboxylic acids is 2. The van der Waals surface area contributed by atoms with Gasteiger partial charge in [-0.3, -0.25) is 4.79 Å². The molecule has 0 bridgehead atoms. The number of rotatable bonds is 6. The van der Waals surface area contributed by atoms with E-state index in [9.17, 15) is 14.0 Å². The first-order chi connectivity index (χ1) is 11.7. The van der Waals surface area contributed by atoms with E-state index in [-0.39, 0.29) is 29.9 Å². The van der Waals surface area contributed by atoms with Crippen LogP contribution >= 0.6 is 0 Å². The normalized spacial score (nSPS) is 15.2. The number of hydrogen-bond acceptors (Lipinski definition) is 5. The van der Waals surface area contributed by atoms with Crippen molar-refractivity contribution in [2.24, 2.45) is 5.92 Å². The Labute approximate surface area is 146 Å². The third-order valence-electron chi connectivity index (χ3n) is 3.64. The van der Waals surface area contributed by atoms with Crippen molar-refractivity contribution in [3.63, 3.8) is 0 Å². The van der Waals surface area contributed by atoms with E-state index >= 15 is 0 Å². The first kappa shape index (κ1) is 19.0. The van der Waals surface area contributed by atoms with Crippen LogP contribution in [0.1, 0.15) is 44.1 Å². The van der Waals surface area contributed by atoms with Gasteiger partial charge in [-0.1, -0.05) is 0 Å². The number of hydrogen-bond donors (Lipinski definition) is 2. The van der Waals surface area contributed by atoms with E-state index in [1.807, 2.05) is 0 Å². The number of ether oxygens (including phenoxy) is 2. The van der Waals surface area contributed by atoms with E-state index in [2.05, 4.69) is 15.6 Å². The highest BCUT2D eigenvalue weighted by atomic mass is 19.1. The average molecular weight is 353 g/mol. The van der Waals surface area contributed by atoms with Crippen LogP contribution < -0.4 is 15.4 Å². The van der Waals surface area contributed by atoms with Gasteiger partial charge in [0.1, 0.15) is 11.4 Å². The van der Waals surface area contributed by atoms with Crippen LogP contribution in [-0.4, -0.2) is 42.3 Å². The van der Waals surface area contributed by atoms with Crippen molar-refractivity contribution in [3.05, 3.63) is 23.8 Å². The molecule has 1 atom stereocenters. The molecule has 1 aliphatic carbocycles. The average Bonchev–Trinajstić information content (AvgIpc) is 3.33. The molecule has 2 rings (SSSR count). The molecule has 25 heavy (non-hydrogen) atoms. The minimum absolute atomic E-state index is 0.176. The van der Waals surface area contributed by atoms with Gasteiger partial charge in [0.05, 0.1) is 19.3 Å². The Morgan fingerprint density at radius 3 is 2.60 bits per heavy atom. The van der Waals surface area contributed by atoms with Crippen LogP contribution in [0.4, 0.5) is 9.18 Å². The predicted molar refractivity (Wildman–Crippen MR) is 89.0 cm³/mol. The molecule has 1 saturated carbocycles. The molecule has 1 aromatic heterocycles. The number of alkyl carbamates (subject to hydrolysis) is 1. The summed E-state index contributed by atoms with van der Waals surface area (Å²) < 4.78 is 24.0. The molecule has 0 spiro atoms. The van der Waals surface area contributed by atoms with Crippen molar-refractivity contribution < 1.29 is 23.5 Å². The van der Waals surface area contributed by atoms with E-state index in [0.717, 1.165) is 18.9 Å². The highest BCUT2D eigenvalue weighted by Gasteiger charge is 2.33. The van der Waals surface area contributed by atoms with Crippen molar-refractivity contribution in [1.82, 2.24) is 15.6 Å². The van der Waals surface area contributed by atoms with Crippen LogP contribution in [0.3, 0.4) is 0 Å². The lowest BCUT2D eigenvalue weighted by molar-refractivity contribution is 0.0495. The monoisotopic (exact) mass is 353 g/mol. The van der Waals surface area contributed by atoms with Gasteiger partial charge in [0, 0.05) is 12.6 Å². The van der Waals surface area contributed by atoms with Crippen LogP contribution in [0, 0.1) is 11.7 Å². The summed E-state index contributed by atoms with van der Waals surface area (Å²) in [4.78, 5) is 27.8. The summed E-state index contributed by atoms with van der Waals surface area (Å²) in [5.41, 5.74) is -0.912. The van der Waals surface area contributed by atoms with Gasteiger partial charge in [0.25, 0.3) is 5.91 Å². The molecule has 0 radical (unpaired) electrons. The van der Waals surface area contributed by atoms with E-state index < -0.39 is 23.4 Å². The van der Waals surface area contributed by atoms with Gasteiger partial charge in [-0.05, 0) is 39.5 Å². The maximum atomic E-state index is 13.9. The van der Waals surface area contributed by atoms with E-state index in [4.69, 9.17) is 9.47 Å². The van der Waals surface area contributed by atoms with Crippen LogP contribution in [0.15, 0.2) is 12.3 Å². The number of nitrogens with zero attached hydrogens (tertiary/aromatic N) is 1. The molecule has 7 nitrogen and oxygen atoms in total. The van der Waals surface area contributed by atoms with E-state index in [1.165, 1.54) is 13.3 Å². The quantitative estimate of drug-likeness (QED) is 0.819. The summed E-state index contributed by atoms with van der Waals surface area (Å²) >= 11 is 0. The lowest BCUT2D eigenvalue weighted by Gasteiger charge is -2.23. The van der Waals surface area contributed by atoms with Gasteiger partial charge in [-0.25, -0.2) is 14.2 Å². The van der Waals surface area contributed by atoms with Crippen molar-refractivity contribution >= 4 is 12.0 Å². The molecule has 0 unspecified atom stereocenters. The Hall–Kier alpha value is -2.38.